The molecule has 2 aromatic heterocycles. The number of ether oxygens (including phenoxy) is 1. The molecular formula is C18H17N5O2. The van der Waals surface area contributed by atoms with Crippen molar-refractivity contribution in [2.75, 3.05) is 18.9 Å². The molecule has 4 rings (SSSR count). The van der Waals surface area contributed by atoms with E-state index in [1.807, 2.05) is 48.5 Å². The largest absolute Gasteiger partial charge is 0.489 e. The van der Waals surface area contributed by atoms with Crippen molar-refractivity contribution >= 4 is 11.6 Å². The molecule has 126 valence electrons. The number of hydrogen-bond acceptors (Lipinski definition) is 6. The molecule has 0 atom stereocenters. The molecule has 0 saturated heterocycles. The number of pyridine rings is 1. The molecule has 3 aromatic rings. The van der Waals surface area contributed by atoms with E-state index in [0.29, 0.717) is 18.8 Å². The lowest BCUT2D eigenvalue weighted by Crippen LogP contribution is -2.20. The van der Waals surface area contributed by atoms with Gasteiger partial charge in [-0.3, -0.25) is 10.3 Å². The number of hydroxylamine groups is 2. The molecule has 0 bridgehead atoms. The third kappa shape index (κ3) is 3.17. The van der Waals surface area contributed by atoms with Gasteiger partial charge in [0.25, 0.3) is 0 Å². The molecule has 0 saturated carbocycles. The molecule has 25 heavy (non-hydrogen) atoms. The van der Waals surface area contributed by atoms with Crippen molar-refractivity contribution in [1.82, 2.24) is 19.7 Å². The van der Waals surface area contributed by atoms with Crippen LogP contribution in [0.25, 0.3) is 16.9 Å². The standard InChI is InChI=1S/C18H17N5O2/c19-18-20-17-5-1-4-16(23(17)21-18)14-6-8-15(9-7-14)25-12-13-3-2-10-22(24)11-13/h1-10,24H,11-12H2,(H2,19,21). The van der Waals surface area contributed by atoms with E-state index in [1.165, 1.54) is 0 Å². The summed E-state index contributed by atoms with van der Waals surface area (Å²) in [6.07, 6.45) is 5.34. The first-order valence-electron chi connectivity index (χ1n) is 7.85. The summed E-state index contributed by atoms with van der Waals surface area (Å²) in [6, 6.07) is 13.5. The average molecular weight is 335 g/mol. The van der Waals surface area contributed by atoms with Gasteiger partial charge in [0.15, 0.2) is 5.65 Å². The maximum atomic E-state index is 9.46. The first kappa shape index (κ1) is 15.2. The fourth-order valence-electron chi connectivity index (χ4n) is 2.72. The van der Waals surface area contributed by atoms with E-state index in [4.69, 9.17) is 10.5 Å². The summed E-state index contributed by atoms with van der Waals surface area (Å²) in [5.41, 5.74) is 9.29. The Morgan fingerprint density at radius 1 is 1.16 bits per heavy atom. The molecule has 1 aliphatic rings. The van der Waals surface area contributed by atoms with Crippen molar-refractivity contribution in [2.45, 2.75) is 0 Å². The molecular weight excluding hydrogens is 318 g/mol. The van der Waals surface area contributed by atoms with Gasteiger partial charge in [0.2, 0.25) is 5.95 Å². The Balaban J connectivity index is 1.52. The molecule has 1 aliphatic heterocycles. The molecule has 0 spiro atoms. The van der Waals surface area contributed by atoms with E-state index in [9.17, 15) is 5.21 Å². The lowest BCUT2D eigenvalue weighted by Gasteiger charge is -2.18. The van der Waals surface area contributed by atoms with Crippen LogP contribution in [0.1, 0.15) is 0 Å². The maximum Gasteiger partial charge on any atom is 0.240 e. The summed E-state index contributed by atoms with van der Waals surface area (Å²) in [5, 5.41) is 14.8. The topological polar surface area (TPSA) is 88.9 Å². The molecule has 7 nitrogen and oxygen atoms in total. The summed E-state index contributed by atoms with van der Waals surface area (Å²) in [4.78, 5) is 4.17. The van der Waals surface area contributed by atoms with Gasteiger partial charge in [0, 0.05) is 11.8 Å². The van der Waals surface area contributed by atoms with Gasteiger partial charge in [0.1, 0.15) is 12.4 Å². The monoisotopic (exact) mass is 335 g/mol. The smallest absolute Gasteiger partial charge is 0.240 e. The second-order valence-corrected chi connectivity index (χ2v) is 5.73. The zero-order chi connectivity index (χ0) is 17.2. The Kier molecular flexibility index (Phi) is 3.83. The van der Waals surface area contributed by atoms with Crippen molar-refractivity contribution in [3.63, 3.8) is 0 Å². The number of nitrogen functional groups attached to an aromatic ring is 1. The Morgan fingerprint density at radius 3 is 2.80 bits per heavy atom. The maximum absolute atomic E-state index is 9.46. The number of nitrogens with two attached hydrogens (primary N) is 1. The number of fused-ring (bicyclic) bond motifs is 1. The van der Waals surface area contributed by atoms with Crippen LogP contribution in [-0.2, 0) is 0 Å². The van der Waals surface area contributed by atoms with Crippen LogP contribution in [0.4, 0.5) is 5.95 Å². The second kappa shape index (κ2) is 6.29. The zero-order valence-corrected chi connectivity index (χ0v) is 13.4. The molecule has 0 amide bonds. The minimum Gasteiger partial charge on any atom is -0.489 e. The molecule has 1 aromatic carbocycles. The minimum absolute atomic E-state index is 0.250. The summed E-state index contributed by atoms with van der Waals surface area (Å²) < 4.78 is 7.50. The van der Waals surface area contributed by atoms with Gasteiger partial charge < -0.3 is 10.5 Å². The Morgan fingerprint density at radius 2 is 2.00 bits per heavy atom. The number of rotatable bonds is 4. The highest BCUT2D eigenvalue weighted by Gasteiger charge is 2.08. The van der Waals surface area contributed by atoms with Crippen LogP contribution in [0.15, 0.2) is 66.4 Å². The highest BCUT2D eigenvalue weighted by atomic mass is 16.5. The van der Waals surface area contributed by atoms with Crippen LogP contribution in [0.3, 0.4) is 0 Å². The van der Waals surface area contributed by atoms with Gasteiger partial charge in [-0.25, -0.2) is 4.52 Å². The number of anilines is 1. The minimum atomic E-state index is 0.250. The number of hydrogen-bond donors (Lipinski definition) is 2. The number of aromatic nitrogens is 3. The van der Waals surface area contributed by atoms with Crippen molar-refractivity contribution in [2.24, 2.45) is 0 Å². The van der Waals surface area contributed by atoms with Crippen LogP contribution in [-0.4, -0.2) is 38.0 Å². The van der Waals surface area contributed by atoms with Gasteiger partial charge in [-0.05, 0) is 48.0 Å². The molecule has 3 N–H and O–H groups in total. The van der Waals surface area contributed by atoms with Crippen LogP contribution in [0.2, 0.25) is 0 Å². The third-order valence-corrected chi connectivity index (χ3v) is 3.91. The molecule has 7 heteroatoms. The lowest BCUT2D eigenvalue weighted by molar-refractivity contribution is -0.0343. The Hall–Kier alpha value is -3.32. The summed E-state index contributed by atoms with van der Waals surface area (Å²) in [6.45, 7) is 0.875. The Bertz CT molecular complexity index is 959. The van der Waals surface area contributed by atoms with E-state index < -0.39 is 0 Å². The van der Waals surface area contributed by atoms with Gasteiger partial charge in [0.05, 0.1) is 12.2 Å². The predicted molar refractivity (Wildman–Crippen MR) is 94.0 cm³/mol. The lowest BCUT2D eigenvalue weighted by atomic mass is 10.1. The number of nitrogens with zero attached hydrogens (tertiary/aromatic N) is 4. The first-order valence-corrected chi connectivity index (χ1v) is 7.85. The van der Waals surface area contributed by atoms with Gasteiger partial charge in [-0.1, -0.05) is 12.1 Å². The van der Waals surface area contributed by atoms with Gasteiger partial charge >= 0.3 is 0 Å². The van der Waals surface area contributed by atoms with Crippen molar-refractivity contribution in [1.29, 1.82) is 0 Å². The molecule has 0 fully saturated rings. The van der Waals surface area contributed by atoms with E-state index in [0.717, 1.165) is 27.6 Å². The number of benzene rings is 1. The van der Waals surface area contributed by atoms with E-state index in [2.05, 4.69) is 10.1 Å². The fraction of sp³-hybridized carbons (Fsp3) is 0.111. The SMILES string of the molecule is Nc1nc2cccc(-c3ccc(OCC4=CC=CN(O)C4)cc3)n2n1. The van der Waals surface area contributed by atoms with Crippen LogP contribution in [0, 0.1) is 0 Å². The van der Waals surface area contributed by atoms with Crippen molar-refractivity contribution in [3.05, 3.63) is 66.4 Å². The summed E-state index contributed by atoms with van der Waals surface area (Å²) in [5.74, 6) is 1.01. The van der Waals surface area contributed by atoms with Crippen LogP contribution < -0.4 is 10.5 Å². The quantitative estimate of drug-likeness (QED) is 0.761. The molecule has 3 heterocycles. The summed E-state index contributed by atoms with van der Waals surface area (Å²) in [7, 11) is 0. The first-order chi connectivity index (χ1) is 12.2. The van der Waals surface area contributed by atoms with E-state index >= 15 is 0 Å². The number of allylic oxidation sites excluding steroid dienone is 2. The molecule has 0 unspecified atom stereocenters. The van der Waals surface area contributed by atoms with Crippen LogP contribution in [0.5, 0.6) is 5.75 Å². The average Bonchev–Trinajstić information content (AvgIpc) is 3.01. The highest BCUT2D eigenvalue weighted by molar-refractivity contribution is 5.64. The third-order valence-electron chi connectivity index (χ3n) is 3.91. The second-order valence-electron chi connectivity index (χ2n) is 5.73. The predicted octanol–water partition coefficient (Wildman–Crippen LogP) is 2.50. The van der Waals surface area contributed by atoms with Crippen molar-refractivity contribution in [3.8, 4) is 17.0 Å². The normalized spacial score (nSPS) is 14.0. The van der Waals surface area contributed by atoms with Crippen LogP contribution >= 0.6 is 0 Å². The fourth-order valence-corrected chi connectivity index (χ4v) is 2.72. The van der Waals surface area contributed by atoms with Gasteiger partial charge in [-0.2, -0.15) is 4.98 Å². The van der Waals surface area contributed by atoms with E-state index in [-0.39, 0.29) is 5.95 Å². The van der Waals surface area contributed by atoms with E-state index in [1.54, 1.807) is 16.8 Å². The zero-order valence-electron chi connectivity index (χ0n) is 13.4. The van der Waals surface area contributed by atoms with Crippen molar-refractivity contribution < 1.29 is 9.94 Å². The summed E-state index contributed by atoms with van der Waals surface area (Å²) >= 11 is 0. The van der Waals surface area contributed by atoms with Gasteiger partial charge in [-0.15, -0.1) is 5.10 Å². The molecule has 0 radical (unpaired) electrons. The molecule has 0 aliphatic carbocycles. The highest BCUT2D eigenvalue weighted by Crippen LogP contribution is 2.23. The Labute approximate surface area is 144 Å².